The second-order valence-electron chi connectivity index (χ2n) is 4.40. The SMILES string of the molecule is C=CCCC.C=CCCC(C)C.O=P(O)(O)OP(=O)(O)O. The Morgan fingerprint density at radius 1 is 1.00 bits per heavy atom. The number of phosphoric acid groups is 2. The number of hydrogen-bond acceptors (Lipinski definition) is 3. The van der Waals surface area contributed by atoms with Crippen LogP contribution < -0.4 is 0 Å². The molecule has 21 heavy (non-hydrogen) atoms. The van der Waals surface area contributed by atoms with Gasteiger partial charge in [0.1, 0.15) is 0 Å². The van der Waals surface area contributed by atoms with E-state index in [1.807, 2.05) is 12.2 Å². The Labute approximate surface area is 127 Å². The Kier molecular flexibility index (Phi) is 17.9. The minimum absolute atomic E-state index is 0.831. The van der Waals surface area contributed by atoms with Crippen LogP contribution in [-0.2, 0) is 13.4 Å². The molecule has 0 atom stereocenters. The summed E-state index contributed by atoms with van der Waals surface area (Å²) in [7, 11) is -10.1. The number of unbranched alkanes of at least 4 members (excludes halogenated alkanes) is 1. The topological polar surface area (TPSA) is 124 Å². The molecule has 7 nitrogen and oxygen atoms in total. The number of hydrogen-bond donors (Lipinski definition) is 4. The Morgan fingerprint density at radius 3 is 1.43 bits per heavy atom. The summed E-state index contributed by atoms with van der Waals surface area (Å²) >= 11 is 0. The van der Waals surface area contributed by atoms with E-state index in [2.05, 4.69) is 38.2 Å². The standard InChI is InChI=1S/C7H14.C5H10.H4O7P2/c1-4-5-6-7(2)3;1-3-5-4-2;1-8(2,3)7-9(4,5)6/h4,7H,1,5-6H2,2-3H3;3H,1,4-5H2,2H3;(H2,1,2,3)(H2,4,5,6). The van der Waals surface area contributed by atoms with Crippen LogP contribution in [0.4, 0.5) is 0 Å². The molecule has 0 radical (unpaired) electrons. The molecule has 0 spiro atoms. The van der Waals surface area contributed by atoms with Gasteiger partial charge in [0.2, 0.25) is 0 Å². The molecular formula is C12H28O7P2. The first-order valence-corrected chi connectivity index (χ1v) is 9.49. The monoisotopic (exact) mass is 346 g/mol. The van der Waals surface area contributed by atoms with E-state index in [9.17, 15) is 9.13 Å². The molecule has 0 rings (SSSR count). The highest BCUT2D eigenvalue weighted by Gasteiger charge is 2.27. The first-order chi connectivity index (χ1) is 9.39. The minimum atomic E-state index is -5.05. The van der Waals surface area contributed by atoms with Gasteiger partial charge in [-0.15, -0.1) is 13.2 Å². The zero-order valence-electron chi connectivity index (χ0n) is 12.9. The van der Waals surface area contributed by atoms with Gasteiger partial charge >= 0.3 is 15.6 Å². The maximum absolute atomic E-state index is 9.63. The largest absolute Gasteiger partial charge is 0.478 e. The lowest BCUT2D eigenvalue weighted by Crippen LogP contribution is -1.84. The fraction of sp³-hybridized carbons (Fsp3) is 0.667. The van der Waals surface area contributed by atoms with Crippen molar-refractivity contribution in [3.8, 4) is 0 Å². The first kappa shape index (κ1) is 25.7. The fourth-order valence-corrected chi connectivity index (χ4v) is 1.90. The Hall–Kier alpha value is -0.260. The van der Waals surface area contributed by atoms with Gasteiger partial charge in [0.15, 0.2) is 0 Å². The Morgan fingerprint density at radius 2 is 1.38 bits per heavy atom. The molecule has 0 bridgehead atoms. The molecule has 0 amide bonds. The van der Waals surface area contributed by atoms with E-state index in [1.54, 1.807) is 0 Å². The summed E-state index contributed by atoms with van der Waals surface area (Å²) in [5.74, 6) is 0.831. The first-order valence-electron chi connectivity index (χ1n) is 6.43. The fourth-order valence-electron chi connectivity index (χ4n) is 0.794. The molecule has 0 aliphatic rings. The number of rotatable bonds is 7. The van der Waals surface area contributed by atoms with Gasteiger partial charge in [-0.2, -0.15) is 4.31 Å². The molecule has 0 aliphatic heterocycles. The summed E-state index contributed by atoms with van der Waals surface area (Å²) in [5, 5.41) is 0. The third kappa shape index (κ3) is 45.1. The van der Waals surface area contributed by atoms with Crippen molar-refractivity contribution in [2.45, 2.75) is 46.5 Å². The van der Waals surface area contributed by atoms with Crippen molar-refractivity contribution in [3.63, 3.8) is 0 Å². The highest BCUT2D eigenvalue weighted by molar-refractivity contribution is 7.60. The van der Waals surface area contributed by atoms with Gasteiger partial charge in [0.25, 0.3) is 0 Å². The van der Waals surface area contributed by atoms with Crippen LogP contribution >= 0.6 is 15.6 Å². The van der Waals surface area contributed by atoms with E-state index < -0.39 is 15.6 Å². The minimum Gasteiger partial charge on any atom is -0.302 e. The van der Waals surface area contributed by atoms with E-state index in [-0.39, 0.29) is 0 Å². The number of allylic oxidation sites excluding steroid dienone is 2. The average molecular weight is 346 g/mol. The lowest BCUT2D eigenvalue weighted by Gasteiger charge is -2.03. The van der Waals surface area contributed by atoms with Crippen molar-refractivity contribution < 1.29 is 33.0 Å². The van der Waals surface area contributed by atoms with E-state index >= 15 is 0 Å². The predicted octanol–water partition coefficient (Wildman–Crippen LogP) is 3.77. The smallest absolute Gasteiger partial charge is 0.302 e. The Bertz CT molecular complexity index is 324. The quantitative estimate of drug-likeness (QED) is 0.408. The maximum atomic E-state index is 9.63. The lowest BCUT2D eigenvalue weighted by molar-refractivity contribution is 0.225. The highest BCUT2D eigenvalue weighted by atomic mass is 31.3. The van der Waals surface area contributed by atoms with Crippen LogP contribution in [0.25, 0.3) is 0 Å². The molecule has 0 aromatic rings. The van der Waals surface area contributed by atoms with Gasteiger partial charge in [0, 0.05) is 0 Å². The molecule has 0 saturated heterocycles. The maximum Gasteiger partial charge on any atom is 0.478 e. The van der Waals surface area contributed by atoms with E-state index in [1.165, 1.54) is 12.8 Å². The highest BCUT2D eigenvalue weighted by Crippen LogP contribution is 2.53. The van der Waals surface area contributed by atoms with Crippen molar-refractivity contribution in [1.29, 1.82) is 0 Å². The van der Waals surface area contributed by atoms with Gasteiger partial charge in [-0.05, 0) is 25.2 Å². The summed E-state index contributed by atoms with van der Waals surface area (Å²) in [6.45, 7) is 13.8. The summed E-state index contributed by atoms with van der Waals surface area (Å²) < 4.78 is 22.2. The van der Waals surface area contributed by atoms with Gasteiger partial charge in [-0.1, -0.05) is 39.3 Å². The summed E-state index contributed by atoms with van der Waals surface area (Å²) in [6, 6.07) is 0. The molecule has 0 saturated carbocycles. The van der Waals surface area contributed by atoms with Crippen LogP contribution in [0, 0.1) is 5.92 Å². The second-order valence-corrected chi connectivity index (χ2v) is 7.02. The van der Waals surface area contributed by atoms with Gasteiger partial charge in [0.05, 0.1) is 0 Å². The van der Waals surface area contributed by atoms with Crippen LogP contribution in [0.3, 0.4) is 0 Å². The molecule has 9 heteroatoms. The van der Waals surface area contributed by atoms with Gasteiger partial charge in [-0.25, -0.2) is 9.13 Å². The van der Waals surface area contributed by atoms with Crippen molar-refractivity contribution in [2.75, 3.05) is 0 Å². The molecule has 0 aliphatic carbocycles. The summed E-state index contributed by atoms with van der Waals surface area (Å²) in [5.41, 5.74) is 0. The third-order valence-electron chi connectivity index (χ3n) is 1.65. The van der Waals surface area contributed by atoms with Crippen LogP contribution in [-0.4, -0.2) is 19.6 Å². The molecule has 4 N–H and O–H groups in total. The summed E-state index contributed by atoms with van der Waals surface area (Å²) in [4.78, 5) is 31.0. The molecular weight excluding hydrogens is 318 g/mol. The summed E-state index contributed by atoms with van der Waals surface area (Å²) in [6.07, 6.45) is 8.73. The molecule has 0 aromatic carbocycles. The van der Waals surface area contributed by atoms with Crippen LogP contribution in [0.1, 0.15) is 46.5 Å². The average Bonchev–Trinajstić information content (AvgIpc) is 2.24. The van der Waals surface area contributed by atoms with E-state index in [4.69, 9.17) is 19.6 Å². The molecule has 0 aromatic heterocycles. The normalized spacial score (nSPS) is 10.9. The van der Waals surface area contributed by atoms with Gasteiger partial charge in [-0.3, -0.25) is 0 Å². The Balaban J connectivity index is -0.000000242. The zero-order chi connectivity index (χ0) is 17.5. The molecule has 0 fully saturated rings. The van der Waals surface area contributed by atoms with Crippen molar-refractivity contribution in [2.24, 2.45) is 5.92 Å². The zero-order valence-corrected chi connectivity index (χ0v) is 14.7. The molecule has 0 heterocycles. The van der Waals surface area contributed by atoms with Crippen molar-refractivity contribution >= 4 is 15.6 Å². The van der Waals surface area contributed by atoms with E-state index in [0.29, 0.717) is 0 Å². The molecule has 128 valence electrons. The van der Waals surface area contributed by atoms with Gasteiger partial charge < -0.3 is 19.6 Å². The predicted molar refractivity (Wildman–Crippen MR) is 84.5 cm³/mol. The molecule has 0 unspecified atom stereocenters. The lowest BCUT2D eigenvalue weighted by atomic mass is 10.1. The van der Waals surface area contributed by atoms with Crippen molar-refractivity contribution in [1.82, 2.24) is 0 Å². The van der Waals surface area contributed by atoms with Crippen molar-refractivity contribution in [3.05, 3.63) is 25.3 Å². The van der Waals surface area contributed by atoms with Crippen LogP contribution in [0.2, 0.25) is 0 Å². The third-order valence-corrected chi connectivity index (χ3v) is 3.36. The van der Waals surface area contributed by atoms with Crippen LogP contribution in [0.15, 0.2) is 25.3 Å². The van der Waals surface area contributed by atoms with E-state index in [0.717, 1.165) is 18.8 Å². The second kappa shape index (κ2) is 14.7. The van der Waals surface area contributed by atoms with Crippen LogP contribution in [0.5, 0.6) is 0 Å².